The summed E-state index contributed by atoms with van der Waals surface area (Å²) < 4.78 is 56.4. The van der Waals surface area contributed by atoms with Gasteiger partial charge in [0.05, 0.1) is 19.9 Å². The van der Waals surface area contributed by atoms with Crippen molar-refractivity contribution in [1.29, 1.82) is 0 Å². The molecule has 1 amide bonds. The predicted octanol–water partition coefficient (Wildman–Crippen LogP) is 5.17. The van der Waals surface area contributed by atoms with Crippen molar-refractivity contribution in [2.24, 2.45) is 0 Å². The second-order valence-electron chi connectivity index (χ2n) is 6.42. The van der Waals surface area contributed by atoms with Gasteiger partial charge in [-0.1, -0.05) is 12.6 Å². The van der Waals surface area contributed by atoms with Gasteiger partial charge < -0.3 is 24.8 Å². The maximum absolute atomic E-state index is 13.5. The van der Waals surface area contributed by atoms with Crippen molar-refractivity contribution >= 4 is 23.2 Å². The third-order valence-electron chi connectivity index (χ3n) is 4.22. The minimum atomic E-state index is -4.76. The first-order chi connectivity index (χ1) is 15.7. The van der Waals surface area contributed by atoms with E-state index in [1.165, 1.54) is 32.4 Å². The van der Waals surface area contributed by atoms with Crippen LogP contribution in [0.5, 0.6) is 23.1 Å². The number of alkyl halides is 3. The summed E-state index contributed by atoms with van der Waals surface area (Å²) in [5.74, 6) is -0.444. The van der Waals surface area contributed by atoms with Crippen molar-refractivity contribution in [2.45, 2.75) is 6.18 Å². The highest BCUT2D eigenvalue weighted by molar-refractivity contribution is 5.98. The zero-order valence-electron chi connectivity index (χ0n) is 17.6. The summed E-state index contributed by atoms with van der Waals surface area (Å²) >= 11 is 0. The molecule has 0 aliphatic rings. The Balaban J connectivity index is 1.94. The van der Waals surface area contributed by atoms with E-state index < -0.39 is 23.5 Å². The first-order valence-corrected chi connectivity index (χ1v) is 9.38. The lowest BCUT2D eigenvalue weighted by Gasteiger charge is -2.15. The Labute approximate surface area is 187 Å². The third-order valence-corrected chi connectivity index (χ3v) is 4.22. The zero-order chi connectivity index (χ0) is 24.0. The highest BCUT2D eigenvalue weighted by atomic mass is 19.4. The molecule has 0 spiro atoms. The Hall–Kier alpha value is -4.28. The van der Waals surface area contributed by atoms with Gasteiger partial charge in [0.25, 0.3) is 0 Å². The molecule has 11 heteroatoms. The number of amides is 1. The number of ether oxygens (including phenoxy) is 3. The molecule has 0 fully saturated rings. The highest BCUT2D eigenvalue weighted by Crippen LogP contribution is 2.38. The molecule has 33 heavy (non-hydrogen) atoms. The van der Waals surface area contributed by atoms with Crippen LogP contribution in [0.4, 0.5) is 30.5 Å². The van der Waals surface area contributed by atoms with Crippen LogP contribution in [0.1, 0.15) is 5.56 Å². The topological polar surface area (TPSA) is 94.6 Å². The number of carbonyl (C=O) groups is 1. The predicted molar refractivity (Wildman–Crippen MR) is 115 cm³/mol. The summed E-state index contributed by atoms with van der Waals surface area (Å²) in [6.45, 7) is 3.34. The molecule has 2 aromatic carbocycles. The number of aromatic nitrogens is 2. The number of rotatable bonds is 8. The van der Waals surface area contributed by atoms with E-state index in [1.807, 2.05) is 0 Å². The largest absolute Gasteiger partial charge is 0.497 e. The Morgan fingerprint density at radius 2 is 1.88 bits per heavy atom. The Morgan fingerprint density at radius 3 is 2.55 bits per heavy atom. The molecule has 0 saturated carbocycles. The van der Waals surface area contributed by atoms with E-state index in [1.54, 1.807) is 24.3 Å². The Kier molecular flexibility index (Phi) is 7.01. The molecule has 3 aromatic rings. The van der Waals surface area contributed by atoms with Gasteiger partial charge in [-0.2, -0.15) is 18.2 Å². The molecule has 0 bridgehead atoms. The summed E-state index contributed by atoms with van der Waals surface area (Å²) in [6, 6.07) is 10.6. The van der Waals surface area contributed by atoms with Crippen LogP contribution in [-0.4, -0.2) is 30.1 Å². The van der Waals surface area contributed by atoms with Gasteiger partial charge in [0, 0.05) is 24.0 Å². The van der Waals surface area contributed by atoms with E-state index in [0.717, 1.165) is 6.08 Å². The minimum absolute atomic E-state index is 0.0223. The molecular weight excluding hydrogens is 441 g/mol. The number of anilines is 3. The zero-order valence-corrected chi connectivity index (χ0v) is 17.6. The Bertz CT molecular complexity index is 1170. The van der Waals surface area contributed by atoms with E-state index in [-0.39, 0.29) is 11.7 Å². The van der Waals surface area contributed by atoms with E-state index in [9.17, 15) is 18.0 Å². The van der Waals surface area contributed by atoms with Crippen LogP contribution in [-0.2, 0) is 11.0 Å². The normalized spacial score (nSPS) is 10.8. The summed E-state index contributed by atoms with van der Waals surface area (Å²) in [6.07, 6.45) is -3.09. The van der Waals surface area contributed by atoms with Crippen molar-refractivity contribution < 1.29 is 32.2 Å². The lowest BCUT2D eigenvalue weighted by atomic mass is 10.2. The fourth-order valence-corrected chi connectivity index (χ4v) is 2.66. The smallest absolute Gasteiger partial charge is 0.423 e. The minimum Gasteiger partial charge on any atom is -0.497 e. The average Bonchev–Trinajstić information content (AvgIpc) is 2.79. The van der Waals surface area contributed by atoms with Crippen LogP contribution in [0.25, 0.3) is 0 Å². The molecule has 1 heterocycles. The molecule has 8 nitrogen and oxygen atoms in total. The summed E-state index contributed by atoms with van der Waals surface area (Å²) in [5.41, 5.74) is -0.463. The molecule has 0 radical (unpaired) electrons. The third kappa shape index (κ3) is 5.91. The van der Waals surface area contributed by atoms with Crippen molar-refractivity contribution in [3.8, 4) is 23.1 Å². The van der Waals surface area contributed by atoms with Crippen LogP contribution in [0.15, 0.2) is 61.3 Å². The van der Waals surface area contributed by atoms with Gasteiger partial charge in [0.15, 0.2) is 0 Å². The quantitative estimate of drug-likeness (QED) is 0.448. The second kappa shape index (κ2) is 9.90. The van der Waals surface area contributed by atoms with Crippen molar-refractivity contribution in [3.63, 3.8) is 0 Å². The molecule has 0 saturated heterocycles. The van der Waals surface area contributed by atoms with Crippen LogP contribution < -0.4 is 24.8 Å². The molecule has 0 atom stereocenters. The monoisotopic (exact) mass is 460 g/mol. The van der Waals surface area contributed by atoms with Gasteiger partial charge in [0.1, 0.15) is 22.8 Å². The fourth-order valence-electron chi connectivity index (χ4n) is 2.66. The number of benzene rings is 2. The number of halogens is 3. The Morgan fingerprint density at radius 1 is 1.09 bits per heavy atom. The summed E-state index contributed by atoms with van der Waals surface area (Å²) in [7, 11) is 2.92. The van der Waals surface area contributed by atoms with Gasteiger partial charge in [0.2, 0.25) is 17.7 Å². The van der Waals surface area contributed by atoms with Gasteiger partial charge in [-0.3, -0.25) is 4.79 Å². The van der Waals surface area contributed by atoms with Crippen LogP contribution in [0, 0.1) is 0 Å². The first-order valence-electron chi connectivity index (χ1n) is 9.38. The summed E-state index contributed by atoms with van der Waals surface area (Å²) in [4.78, 5) is 19.1. The van der Waals surface area contributed by atoms with Crippen LogP contribution >= 0.6 is 0 Å². The molecule has 0 aliphatic carbocycles. The summed E-state index contributed by atoms with van der Waals surface area (Å²) in [5, 5.41) is 5.31. The molecule has 2 N–H and O–H groups in total. The fraction of sp³-hybridized carbons (Fsp3) is 0.136. The number of hydrogen-bond donors (Lipinski definition) is 2. The van der Waals surface area contributed by atoms with Gasteiger partial charge in [-0.05, 0) is 30.3 Å². The van der Waals surface area contributed by atoms with Crippen molar-refractivity contribution in [2.75, 3.05) is 24.9 Å². The molecular formula is C22H19F3N4O4. The number of hydrogen-bond acceptors (Lipinski definition) is 7. The number of methoxy groups -OCH3 is 2. The van der Waals surface area contributed by atoms with Crippen LogP contribution in [0.2, 0.25) is 0 Å². The van der Waals surface area contributed by atoms with Crippen LogP contribution in [0.3, 0.4) is 0 Å². The second-order valence-corrected chi connectivity index (χ2v) is 6.42. The lowest BCUT2D eigenvalue weighted by Crippen LogP contribution is -2.11. The SMILES string of the molecule is C=CC(=O)Nc1cccc(Oc2nc(Nc3ccc(OC)cc3OC)ncc2C(F)(F)F)c1. The molecule has 172 valence electrons. The van der Waals surface area contributed by atoms with Gasteiger partial charge in [-0.25, -0.2) is 4.98 Å². The van der Waals surface area contributed by atoms with E-state index in [2.05, 4.69) is 27.2 Å². The maximum atomic E-state index is 13.5. The van der Waals surface area contributed by atoms with Gasteiger partial charge >= 0.3 is 6.18 Å². The number of carbonyl (C=O) groups excluding carboxylic acids is 1. The number of nitrogens with one attached hydrogen (secondary N) is 2. The standard InChI is InChI=1S/C22H19F3N4O4/c1-4-19(30)27-13-6-5-7-15(10-13)33-20-16(22(23,24)25)12-26-21(29-20)28-17-9-8-14(31-2)11-18(17)32-3/h4-12H,1H2,2-3H3,(H,27,30)(H,26,28,29). The maximum Gasteiger partial charge on any atom is 0.423 e. The number of nitrogens with zero attached hydrogens (tertiary/aromatic N) is 2. The molecule has 0 unspecified atom stereocenters. The highest BCUT2D eigenvalue weighted by Gasteiger charge is 2.36. The average molecular weight is 460 g/mol. The molecule has 1 aromatic heterocycles. The van der Waals surface area contributed by atoms with E-state index >= 15 is 0 Å². The van der Waals surface area contributed by atoms with Crippen molar-refractivity contribution in [1.82, 2.24) is 9.97 Å². The van der Waals surface area contributed by atoms with Gasteiger partial charge in [-0.15, -0.1) is 0 Å². The lowest BCUT2D eigenvalue weighted by molar-refractivity contribution is -0.139. The first kappa shape index (κ1) is 23.4. The molecule has 3 rings (SSSR count). The molecule has 0 aliphatic heterocycles. The van der Waals surface area contributed by atoms with E-state index in [4.69, 9.17) is 14.2 Å². The van der Waals surface area contributed by atoms with E-state index in [0.29, 0.717) is 29.1 Å². The van der Waals surface area contributed by atoms with Crippen molar-refractivity contribution in [3.05, 3.63) is 66.9 Å².